The van der Waals surface area contributed by atoms with Crippen LogP contribution < -0.4 is 5.73 Å². The van der Waals surface area contributed by atoms with Gasteiger partial charge in [-0.15, -0.1) is 0 Å². The molecule has 1 rings (SSSR count). The van der Waals surface area contributed by atoms with Crippen molar-refractivity contribution in [3.05, 3.63) is 0 Å². The van der Waals surface area contributed by atoms with E-state index in [2.05, 4.69) is 6.92 Å². The summed E-state index contributed by atoms with van der Waals surface area (Å²) in [5, 5.41) is 0. The number of nitrogens with two attached hydrogens (primary N) is 1. The largest absolute Gasteiger partial charge is 0.467 e. The number of rotatable bonds is 6. The number of hydrogen-bond donors (Lipinski definition) is 1. The Labute approximate surface area is 109 Å². The summed E-state index contributed by atoms with van der Waals surface area (Å²) in [5.41, 5.74) is 5.48. The Kier molecular flexibility index (Phi) is 6.12. The lowest BCUT2D eigenvalue weighted by Crippen LogP contribution is -2.41. The molecule has 2 atom stereocenters. The van der Waals surface area contributed by atoms with Gasteiger partial charge in [0, 0.05) is 13.0 Å². The van der Waals surface area contributed by atoms with Gasteiger partial charge < -0.3 is 15.4 Å². The van der Waals surface area contributed by atoms with Gasteiger partial charge in [-0.05, 0) is 38.1 Å². The molecule has 5 heteroatoms. The highest BCUT2D eigenvalue weighted by atomic mass is 16.5. The zero-order valence-electron chi connectivity index (χ0n) is 11.4. The summed E-state index contributed by atoms with van der Waals surface area (Å²) in [7, 11) is 1.37. The van der Waals surface area contributed by atoms with Crippen LogP contribution in [0.1, 0.15) is 39.0 Å². The van der Waals surface area contributed by atoms with Crippen LogP contribution in [0.5, 0.6) is 0 Å². The quantitative estimate of drug-likeness (QED) is 0.717. The van der Waals surface area contributed by atoms with Crippen LogP contribution in [0.15, 0.2) is 0 Å². The summed E-state index contributed by atoms with van der Waals surface area (Å²) >= 11 is 0. The van der Waals surface area contributed by atoms with Gasteiger partial charge in [-0.25, -0.2) is 4.79 Å². The number of methoxy groups -OCH3 is 1. The molecule has 2 unspecified atom stereocenters. The monoisotopic (exact) mass is 256 g/mol. The van der Waals surface area contributed by atoms with Crippen molar-refractivity contribution in [1.29, 1.82) is 0 Å². The number of nitrogens with zero attached hydrogens (tertiary/aromatic N) is 1. The second kappa shape index (κ2) is 7.36. The van der Waals surface area contributed by atoms with Gasteiger partial charge in [0.15, 0.2) is 0 Å². The number of hydrogen-bond acceptors (Lipinski definition) is 4. The number of likely N-dealkylation sites (tertiary alicyclic amines) is 1. The summed E-state index contributed by atoms with van der Waals surface area (Å²) in [6.45, 7) is 3.43. The first-order chi connectivity index (χ1) is 8.60. The summed E-state index contributed by atoms with van der Waals surface area (Å²) in [6, 6.07) is -0.368. The lowest BCUT2D eigenvalue weighted by Gasteiger charge is -2.23. The highest BCUT2D eigenvalue weighted by Crippen LogP contribution is 2.21. The molecule has 0 radical (unpaired) electrons. The van der Waals surface area contributed by atoms with E-state index < -0.39 is 0 Å². The van der Waals surface area contributed by atoms with E-state index in [9.17, 15) is 9.59 Å². The van der Waals surface area contributed by atoms with Crippen molar-refractivity contribution in [3.8, 4) is 0 Å². The first-order valence-electron chi connectivity index (χ1n) is 6.67. The third kappa shape index (κ3) is 3.98. The predicted octanol–water partition coefficient (Wildman–Crippen LogP) is 0.915. The molecule has 5 nitrogen and oxygen atoms in total. The molecule has 1 aliphatic rings. The van der Waals surface area contributed by atoms with Crippen LogP contribution >= 0.6 is 0 Å². The van der Waals surface area contributed by atoms with Crippen molar-refractivity contribution in [2.75, 3.05) is 20.2 Å². The molecule has 1 amide bonds. The lowest BCUT2D eigenvalue weighted by atomic mass is 10.0. The number of ether oxygens (including phenoxy) is 1. The second-order valence-corrected chi connectivity index (χ2v) is 4.99. The van der Waals surface area contributed by atoms with Gasteiger partial charge in [0.05, 0.1) is 7.11 Å². The van der Waals surface area contributed by atoms with Crippen LogP contribution in [-0.4, -0.2) is 43.0 Å². The molecule has 0 spiro atoms. The molecule has 1 saturated heterocycles. The molecule has 104 valence electrons. The molecular formula is C13H24N2O3. The van der Waals surface area contributed by atoms with E-state index in [0.29, 0.717) is 25.4 Å². The molecule has 0 aromatic carbocycles. The maximum atomic E-state index is 12.1. The third-order valence-corrected chi connectivity index (χ3v) is 3.56. The van der Waals surface area contributed by atoms with Crippen LogP contribution in [0.4, 0.5) is 0 Å². The standard InChI is InChI=1S/C13H24N2O3/c1-10(7-8-14)5-6-12(16)15-9-3-4-11(15)13(17)18-2/h10-11H,3-9,14H2,1-2H3. The second-order valence-electron chi connectivity index (χ2n) is 4.99. The van der Waals surface area contributed by atoms with Crippen LogP contribution in [0.25, 0.3) is 0 Å². The normalized spacial score (nSPS) is 20.8. The Morgan fingerprint density at radius 1 is 1.44 bits per heavy atom. The van der Waals surface area contributed by atoms with Crippen LogP contribution in [0.2, 0.25) is 0 Å². The molecule has 0 aromatic rings. The number of carbonyl (C=O) groups is 2. The average molecular weight is 256 g/mol. The molecular weight excluding hydrogens is 232 g/mol. The molecule has 0 aliphatic carbocycles. The molecule has 1 heterocycles. The smallest absolute Gasteiger partial charge is 0.328 e. The van der Waals surface area contributed by atoms with Gasteiger partial charge in [0.2, 0.25) is 5.91 Å². The number of carbonyl (C=O) groups excluding carboxylic acids is 2. The van der Waals surface area contributed by atoms with Crippen molar-refractivity contribution in [3.63, 3.8) is 0 Å². The van der Waals surface area contributed by atoms with Crippen molar-refractivity contribution in [2.24, 2.45) is 11.7 Å². The summed E-state index contributed by atoms with van der Waals surface area (Å²) in [4.78, 5) is 25.3. The average Bonchev–Trinajstić information content (AvgIpc) is 2.84. The van der Waals surface area contributed by atoms with Gasteiger partial charge in [0.1, 0.15) is 6.04 Å². The minimum atomic E-state index is -0.368. The highest BCUT2D eigenvalue weighted by molar-refractivity contribution is 5.85. The lowest BCUT2D eigenvalue weighted by molar-refractivity contribution is -0.151. The molecule has 0 saturated carbocycles. The van der Waals surface area contributed by atoms with Crippen LogP contribution in [0.3, 0.4) is 0 Å². The molecule has 2 N–H and O–H groups in total. The Balaban J connectivity index is 2.43. The summed E-state index contributed by atoms with van der Waals surface area (Å²) in [5.74, 6) is 0.223. The van der Waals surface area contributed by atoms with Crippen molar-refractivity contribution in [1.82, 2.24) is 4.90 Å². The van der Waals surface area contributed by atoms with Crippen molar-refractivity contribution >= 4 is 11.9 Å². The molecule has 18 heavy (non-hydrogen) atoms. The topological polar surface area (TPSA) is 72.6 Å². The Morgan fingerprint density at radius 2 is 2.17 bits per heavy atom. The zero-order valence-corrected chi connectivity index (χ0v) is 11.4. The van der Waals surface area contributed by atoms with E-state index in [-0.39, 0.29) is 17.9 Å². The van der Waals surface area contributed by atoms with E-state index in [1.165, 1.54) is 7.11 Å². The molecule has 1 aliphatic heterocycles. The maximum absolute atomic E-state index is 12.1. The minimum Gasteiger partial charge on any atom is -0.467 e. The van der Waals surface area contributed by atoms with Crippen LogP contribution in [0, 0.1) is 5.92 Å². The zero-order chi connectivity index (χ0) is 13.5. The Bertz CT molecular complexity index is 294. The van der Waals surface area contributed by atoms with E-state index in [0.717, 1.165) is 25.7 Å². The van der Waals surface area contributed by atoms with Gasteiger partial charge in [-0.1, -0.05) is 6.92 Å². The molecule has 0 aromatic heterocycles. The van der Waals surface area contributed by atoms with E-state index in [1.807, 2.05) is 0 Å². The number of esters is 1. The highest BCUT2D eigenvalue weighted by Gasteiger charge is 2.34. The van der Waals surface area contributed by atoms with E-state index >= 15 is 0 Å². The maximum Gasteiger partial charge on any atom is 0.328 e. The van der Waals surface area contributed by atoms with Gasteiger partial charge in [0.25, 0.3) is 0 Å². The predicted molar refractivity (Wildman–Crippen MR) is 68.8 cm³/mol. The Hall–Kier alpha value is -1.10. The summed E-state index contributed by atoms with van der Waals surface area (Å²) < 4.78 is 4.73. The molecule has 1 fully saturated rings. The van der Waals surface area contributed by atoms with Gasteiger partial charge in [-0.3, -0.25) is 4.79 Å². The van der Waals surface area contributed by atoms with E-state index in [1.54, 1.807) is 4.90 Å². The third-order valence-electron chi connectivity index (χ3n) is 3.56. The van der Waals surface area contributed by atoms with Crippen molar-refractivity contribution in [2.45, 2.75) is 45.1 Å². The Morgan fingerprint density at radius 3 is 2.78 bits per heavy atom. The first-order valence-corrected chi connectivity index (χ1v) is 6.67. The van der Waals surface area contributed by atoms with Crippen LogP contribution in [-0.2, 0) is 14.3 Å². The molecule has 0 bridgehead atoms. The first kappa shape index (κ1) is 15.0. The minimum absolute atomic E-state index is 0.0618. The fraction of sp³-hybridized carbons (Fsp3) is 0.846. The fourth-order valence-electron chi connectivity index (χ4n) is 2.39. The van der Waals surface area contributed by atoms with E-state index in [4.69, 9.17) is 10.5 Å². The van der Waals surface area contributed by atoms with Gasteiger partial charge >= 0.3 is 5.97 Å². The fourth-order valence-corrected chi connectivity index (χ4v) is 2.39. The summed E-state index contributed by atoms with van der Waals surface area (Å²) in [6.07, 6.45) is 3.86. The van der Waals surface area contributed by atoms with Gasteiger partial charge in [-0.2, -0.15) is 0 Å². The SMILES string of the molecule is COC(=O)C1CCCN1C(=O)CCC(C)CCN. The van der Waals surface area contributed by atoms with Crippen molar-refractivity contribution < 1.29 is 14.3 Å². The number of amides is 1.